The Morgan fingerprint density at radius 3 is 2.67 bits per heavy atom. The number of hydrogen-bond acceptors (Lipinski definition) is 4. The molecule has 1 aromatic heterocycles. The van der Waals surface area contributed by atoms with Crippen LogP contribution in [0.15, 0.2) is 30.3 Å². The number of esters is 1. The molecule has 0 unspecified atom stereocenters. The number of benzene rings is 1. The molecule has 2 N–H and O–H groups in total. The van der Waals surface area contributed by atoms with Gasteiger partial charge in [0.25, 0.3) is 0 Å². The van der Waals surface area contributed by atoms with Gasteiger partial charge in [0.05, 0.1) is 12.8 Å². The molecule has 1 aromatic carbocycles. The number of aromatic amines is 1. The summed E-state index contributed by atoms with van der Waals surface area (Å²) in [7, 11) is 1.25. The normalized spacial score (nSPS) is 10.1. The zero-order valence-corrected chi connectivity index (χ0v) is 9.64. The Labute approximate surface area is 103 Å². The standard InChI is InChI=1S/C13H11NO4/c1-18-13(17)10-4-2-8(6-12(10)16)11-5-3-9(7-15)14-11/h2-7,14,16H,1H3. The van der Waals surface area contributed by atoms with E-state index in [1.165, 1.54) is 19.2 Å². The number of rotatable bonds is 3. The third-order valence-corrected chi connectivity index (χ3v) is 2.55. The van der Waals surface area contributed by atoms with E-state index in [1.807, 2.05) is 0 Å². The molecule has 0 atom stereocenters. The number of ether oxygens (including phenoxy) is 1. The van der Waals surface area contributed by atoms with Crippen LogP contribution in [0.4, 0.5) is 0 Å². The highest BCUT2D eigenvalue weighted by molar-refractivity contribution is 5.93. The molecule has 0 spiro atoms. The van der Waals surface area contributed by atoms with Gasteiger partial charge < -0.3 is 14.8 Å². The van der Waals surface area contributed by atoms with Crippen molar-refractivity contribution < 1.29 is 19.4 Å². The molecule has 5 nitrogen and oxygen atoms in total. The lowest BCUT2D eigenvalue weighted by Gasteiger charge is -2.04. The number of nitrogens with one attached hydrogen (secondary N) is 1. The first-order valence-corrected chi connectivity index (χ1v) is 5.21. The highest BCUT2D eigenvalue weighted by Crippen LogP contribution is 2.26. The first-order chi connectivity index (χ1) is 8.65. The van der Waals surface area contributed by atoms with Crippen molar-refractivity contribution in [3.8, 4) is 17.0 Å². The monoisotopic (exact) mass is 245 g/mol. The molecule has 0 aliphatic rings. The van der Waals surface area contributed by atoms with E-state index >= 15 is 0 Å². The van der Waals surface area contributed by atoms with E-state index in [1.54, 1.807) is 18.2 Å². The summed E-state index contributed by atoms with van der Waals surface area (Å²) in [5, 5.41) is 9.73. The molecule has 0 radical (unpaired) electrons. The summed E-state index contributed by atoms with van der Waals surface area (Å²) in [5.74, 6) is -0.763. The number of aromatic hydroxyl groups is 1. The average Bonchev–Trinajstić information content (AvgIpc) is 2.86. The van der Waals surface area contributed by atoms with Gasteiger partial charge in [-0.3, -0.25) is 4.79 Å². The van der Waals surface area contributed by atoms with E-state index in [2.05, 4.69) is 9.72 Å². The van der Waals surface area contributed by atoms with Gasteiger partial charge in [-0.25, -0.2) is 4.79 Å². The van der Waals surface area contributed by atoms with Crippen LogP contribution in [-0.4, -0.2) is 29.5 Å². The molecule has 0 aliphatic heterocycles. The van der Waals surface area contributed by atoms with Gasteiger partial charge in [0.2, 0.25) is 0 Å². The first-order valence-electron chi connectivity index (χ1n) is 5.21. The highest BCUT2D eigenvalue weighted by atomic mass is 16.5. The Balaban J connectivity index is 2.39. The van der Waals surface area contributed by atoms with Crippen LogP contribution in [0.2, 0.25) is 0 Å². The number of carbonyl (C=O) groups excluding carboxylic acids is 2. The fourth-order valence-electron chi connectivity index (χ4n) is 1.63. The molecule has 1 heterocycles. The summed E-state index contributed by atoms with van der Waals surface area (Å²) in [6, 6.07) is 7.92. The van der Waals surface area contributed by atoms with Crippen LogP contribution in [0.3, 0.4) is 0 Å². The van der Waals surface area contributed by atoms with Crippen molar-refractivity contribution in [3.63, 3.8) is 0 Å². The molecule has 0 amide bonds. The third-order valence-electron chi connectivity index (χ3n) is 2.55. The van der Waals surface area contributed by atoms with Crippen molar-refractivity contribution in [1.82, 2.24) is 4.98 Å². The Morgan fingerprint density at radius 2 is 2.11 bits per heavy atom. The van der Waals surface area contributed by atoms with Crippen LogP contribution in [0.25, 0.3) is 11.3 Å². The van der Waals surface area contributed by atoms with Crippen molar-refractivity contribution in [2.24, 2.45) is 0 Å². The van der Waals surface area contributed by atoms with Gasteiger partial charge in [-0.1, -0.05) is 6.07 Å². The smallest absolute Gasteiger partial charge is 0.341 e. The zero-order valence-electron chi connectivity index (χ0n) is 9.64. The Morgan fingerprint density at radius 1 is 1.33 bits per heavy atom. The second-order valence-corrected chi connectivity index (χ2v) is 3.67. The summed E-state index contributed by atoms with van der Waals surface area (Å²) >= 11 is 0. The molecular formula is C13H11NO4. The number of carbonyl (C=O) groups is 2. The van der Waals surface area contributed by atoms with Gasteiger partial charge in [0.15, 0.2) is 6.29 Å². The predicted octanol–water partition coefficient (Wildman–Crippen LogP) is 1.99. The van der Waals surface area contributed by atoms with Gasteiger partial charge in [-0.2, -0.15) is 0 Å². The minimum Gasteiger partial charge on any atom is -0.507 e. The van der Waals surface area contributed by atoms with Crippen molar-refractivity contribution in [2.75, 3.05) is 7.11 Å². The van der Waals surface area contributed by atoms with Crippen molar-refractivity contribution in [3.05, 3.63) is 41.6 Å². The SMILES string of the molecule is COC(=O)c1ccc(-c2ccc(C=O)[nH]2)cc1O. The summed E-state index contributed by atoms with van der Waals surface area (Å²) in [6.45, 7) is 0. The Bertz CT molecular complexity index is 601. The number of phenolic OH excluding ortho intramolecular Hbond substituents is 1. The lowest BCUT2D eigenvalue weighted by Crippen LogP contribution is -2.01. The van der Waals surface area contributed by atoms with E-state index in [0.717, 1.165) is 0 Å². The van der Waals surface area contributed by atoms with E-state index in [9.17, 15) is 14.7 Å². The van der Waals surface area contributed by atoms with Gasteiger partial charge in [-0.15, -0.1) is 0 Å². The summed E-state index contributed by atoms with van der Waals surface area (Å²) in [6.07, 6.45) is 0.701. The van der Waals surface area contributed by atoms with Crippen LogP contribution >= 0.6 is 0 Å². The van der Waals surface area contributed by atoms with Crippen LogP contribution in [0.5, 0.6) is 5.75 Å². The third kappa shape index (κ3) is 2.10. The first kappa shape index (κ1) is 11.9. The topological polar surface area (TPSA) is 79.4 Å². The number of aromatic nitrogens is 1. The lowest BCUT2D eigenvalue weighted by molar-refractivity contribution is 0.0597. The van der Waals surface area contributed by atoms with E-state index in [0.29, 0.717) is 23.2 Å². The molecule has 0 aliphatic carbocycles. The second kappa shape index (κ2) is 4.75. The van der Waals surface area contributed by atoms with Gasteiger partial charge >= 0.3 is 5.97 Å². The molecular weight excluding hydrogens is 234 g/mol. The van der Waals surface area contributed by atoms with E-state index in [4.69, 9.17) is 0 Å². The highest BCUT2D eigenvalue weighted by Gasteiger charge is 2.12. The number of hydrogen-bond donors (Lipinski definition) is 2. The molecule has 0 fully saturated rings. The number of H-pyrrole nitrogens is 1. The fourth-order valence-corrected chi connectivity index (χ4v) is 1.63. The lowest BCUT2D eigenvalue weighted by atomic mass is 10.1. The van der Waals surface area contributed by atoms with Gasteiger partial charge in [0, 0.05) is 11.3 Å². The largest absolute Gasteiger partial charge is 0.507 e. The number of phenols is 1. The minimum absolute atomic E-state index is 0.100. The maximum absolute atomic E-state index is 11.3. The van der Waals surface area contributed by atoms with E-state index in [-0.39, 0.29) is 11.3 Å². The van der Waals surface area contributed by atoms with Crippen molar-refractivity contribution in [2.45, 2.75) is 0 Å². The van der Waals surface area contributed by atoms with Crippen LogP contribution in [0.1, 0.15) is 20.8 Å². The maximum Gasteiger partial charge on any atom is 0.341 e. The second-order valence-electron chi connectivity index (χ2n) is 3.67. The molecule has 2 aromatic rings. The molecule has 0 saturated carbocycles. The number of aldehydes is 1. The number of methoxy groups -OCH3 is 1. The van der Waals surface area contributed by atoms with Crippen LogP contribution in [-0.2, 0) is 4.74 Å². The average molecular weight is 245 g/mol. The predicted molar refractivity (Wildman–Crippen MR) is 64.6 cm³/mol. The Kier molecular flexibility index (Phi) is 3.14. The quantitative estimate of drug-likeness (QED) is 0.640. The molecule has 5 heteroatoms. The molecule has 0 bridgehead atoms. The summed E-state index contributed by atoms with van der Waals surface area (Å²) in [4.78, 5) is 24.7. The maximum atomic E-state index is 11.3. The molecule has 92 valence electrons. The minimum atomic E-state index is -0.598. The summed E-state index contributed by atoms with van der Waals surface area (Å²) in [5.41, 5.74) is 1.90. The van der Waals surface area contributed by atoms with Crippen molar-refractivity contribution >= 4 is 12.3 Å². The molecule has 2 rings (SSSR count). The van der Waals surface area contributed by atoms with Gasteiger partial charge in [-0.05, 0) is 24.3 Å². The molecule has 18 heavy (non-hydrogen) atoms. The summed E-state index contributed by atoms with van der Waals surface area (Å²) < 4.78 is 4.53. The van der Waals surface area contributed by atoms with Crippen LogP contribution in [0, 0.1) is 0 Å². The molecule has 0 saturated heterocycles. The van der Waals surface area contributed by atoms with Crippen LogP contribution < -0.4 is 0 Å². The van der Waals surface area contributed by atoms with E-state index < -0.39 is 5.97 Å². The zero-order chi connectivity index (χ0) is 13.1. The van der Waals surface area contributed by atoms with Gasteiger partial charge in [0.1, 0.15) is 11.3 Å². The van der Waals surface area contributed by atoms with Crippen molar-refractivity contribution in [1.29, 1.82) is 0 Å². The Hall–Kier alpha value is -2.56. The fraction of sp³-hybridized carbons (Fsp3) is 0.0769.